The van der Waals surface area contributed by atoms with E-state index in [2.05, 4.69) is 0 Å². The Bertz CT molecular complexity index is 1060. The third-order valence-electron chi connectivity index (χ3n) is 5.56. The van der Waals surface area contributed by atoms with Crippen LogP contribution < -0.4 is 4.90 Å². The van der Waals surface area contributed by atoms with Gasteiger partial charge in [-0.15, -0.1) is 0 Å². The lowest BCUT2D eigenvalue weighted by atomic mass is 9.87. The third-order valence-corrected chi connectivity index (χ3v) is 5.56. The molecule has 4 rings (SSSR count). The van der Waals surface area contributed by atoms with Crippen molar-refractivity contribution in [3.63, 3.8) is 0 Å². The van der Waals surface area contributed by atoms with Gasteiger partial charge in [0.25, 0.3) is 11.6 Å². The summed E-state index contributed by atoms with van der Waals surface area (Å²) in [6, 6.07) is 16.5. The molecule has 1 N–H and O–H groups in total. The predicted octanol–water partition coefficient (Wildman–Crippen LogP) is 3.41. The summed E-state index contributed by atoms with van der Waals surface area (Å²) in [6.07, 6.45) is -0.660. The molecule has 31 heavy (non-hydrogen) atoms. The molecule has 0 bridgehead atoms. The van der Waals surface area contributed by atoms with Gasteiger partial charge in [-0.05, 0) is 32.4 Å². The Morgan fingerprint density at radius 1 is 1.16 bits per heavy atom. The molecule has 0 saturated carbocycles. The zero-order chi connectivity index (χ0) is 22.4. The van der Waals surface area contributed by atoms with Crippen LogP contribution in [0.1, 0.15) is 38.3 Å². The van der Waals surface area contributed by atoms with Crippen molar-refractivity contribution < 1.29 is 24.4 Å². The number of nitrogens with zero attached hydrogens (tertiary/aromatic N) is 3. The summed E-state index contributed by atoms with van der Waals surface area (Å²) in [7, 11) is 0. The first-order valence-corrected chi connectivity index (χ1v) is 10.1. The zero-order valence-corrected chi connectivity index (χ0v) is 17.7. The summed E-state index contributed by atoms with van der Waals surface area (Å²) in [4.78, 5) is 29.6. The van der Waals surface area contributed by atoms with Crippen LogP contribution in [0.3, 0.4) is 0 Å². The van der Waals surface area contributed by atoms with Gasteiger partial charge in [0.2, 0.25) is 5.54 Å². The Morgan fingerprint density at radius 3 is 2.45 bits per heavy atom. The molecular formula is C23H25N3O5. The van der Waals surface area contributed by atoms with E-state index in [1.807, 2.05) is 30.3 Å². The van der Waals surface area contributed by atoms with Crippen LogP contribution in [0.5, 0.6) is 0 Å². The molecule has 162 valence electrons. The molecule has 8 nitrogen and oxygen atoms in total. The fourth-order valence-electron chi connectivity index (χ4n) is 4.40. The van der Waals surface area contributed by atoms with Crippen LogP contribution in [-0.2, 0) is 21.6 Å². The second-order valence-electron chi connectivity index (χ2n) is 8.71. The van der Waals surface area contributed by atoms with Gasteiger partial charge in [0.1, 0.15) is 5.60 Å². The highest BCUT2D eigenvalue weighted by Crippen LogP contribution is 2.49. The minimum Gasteiger partial charge on any atom is -0.444 e. The molecule has 8 heteroatoms. The average Bonchev–Trinajstić information content (AvgIpc) is 3.22. The lowest BCUT2D eigenvalue weighted by Crippen LogP contribution is -2.57. The maximum Gasteiger partial charge on any atom is 0.411 e. The summed E-state index contributed by atoms with van der Waals surface area (Å²) >= 11 is 0. The number of hydrogen-bond acceptors (Lipinski definition) is 5. The van der Waals surface area contributed by atoms with Gasteiger partial charge < -0.3 is 14.8 Å². The number of carbonyl (C=O) groups is 2. The fourth-order valence-corrected chi connectivity index (χ4v) is 4.40. The van der Waals surface area contributed by atoms with Crippen LogP contribution in [0.4, 0.5) is 10.5 Å². The molecule has 0 aromatic heterocycles. The Hall–Kier alpha value is -3.55. The smallest absolute Gasteiger partial charge is 0.411 e. The molecule has 2 aliphatic heterocycles. The molecule has 2 aromatic rings. The Balaban J connectivity index is 1.88. The fraction of sp³-hybridized carbons (Fsp3) is 0.348. The van der Waals surface area contributed by atoms with Gasteiger partial charge >= 0.3 is 6.09 Å². The molecule has 2 aliphatic rings. The summed E-state index contributed by atoms with van der Waals surface area (Å²) in [5.74, 6) is -0.467. The van der Waals surface area contributed by atoms with Crippen LogP contribution >= 0.6 is 0 Å². The van der Waals surface area contributed by atoms with Crippen molar-refractivity contribution in [1.29, 1.82) is 0 Å². The largest absolute Gasteiger partial charge is 0.444 e. The molecule has 0 radical (unpaired) electrons. The number of benzene rings is 2. The topological polar surface area (TPSA) is 96.1 Å². The number of hydrogen-bond donors (Lipinski definition) is 1. The maximum atomic E-state index is 14.0. The zero-order valence-electron chi connectivity index (χ0n) is 17.7. The highest BCUT2D eigenvalue weighted by Gasteiger charge is 2.67. The number of ether oxygens (including phenoxy) is 1. The monoisotopic (exact) mass is 423 g/mol. The number of likely N-dealkylation sites (tertiary alicyclic amines) is 1. The molecule has 1 spiro atoms. The van der Waals surface area contributed by atoms with Crippen LogP contribution in [0, 0.1) is 5.21 Å². The quantitative estimate of drug-likeness (QED) is 0.454. The summed E-state index contributed by atoms with van der Waals surface area (Å²) in [6.45, 7) is 5.53. The van der Waals surface area contributed by atoms with E-state index in [0.29, 0.717) is 11.3 Å². The molecule has 2 aromatic carbocycles. The van der Waals surface area contributed by atoms with Crippen molar-refractivity contribution >= 4 is 23.4 Å². The lowest BCUT2D eigenvalue weighted by Gasteiger charge is -2.33. The van der Waals surface area contributed by atoms with Gasteiger partial charge in [0.15, 0.2) is 0 Å². The van der Waals surface area contributed by atoms with Gasteiger partial charge in [-0.2, -0.15) is 0 Å². The maximum absolute atomic E-state index is 14.0. The Kier molecular flexibility index (Phi) is 4.88. The van der Waals surface area contributed by atoms with E-state index in [4.69, 9.17) is 4.74 Å². The molecule has 1 atom stereocenters. The van der Waals surface area contributed by atoms with Crippen LogP contribution in [0.2, 0.25) is 0 Å². The number of rotatable bonds is 2. The molecule has 0 aliphatic carbocycles. The number of fused-ring (bicyclic) bond motifs is 2. The molecule has 2 heterocycles. The van der Waals surface area contributed by atoms with Crippen molar-refractivity contribution in [2.75, 3.05) is 11.4 Å². The molecule has 1 unspecified atom stereocenters. The first-order chi connectivity index (χ1) is 14.7. The van der Waals surface area contributed by atoms with Crippen molar-refractivity contribution in [2.24, 2.45) is 0 Å². The third kappa shape index (κ3) is 3.28. The highest BCUT2D eigenvalue weighted by molar-refractivity contribution is 6.24. The number of carbonyl (C=O) groups excluding carboxylic acids is 2. The normalized spacial score (nSPS) is 22.1. The second-order valence-corrected chi connectivity index (χ2v) is 8.71. The van der Waals surface area contributed by atoms with Crippen molar-refractivity contribution in [1.82, 2.24) is 4.90 Å². The van der Waals surface area contributed by atoms with E-state index in [1.165, 1.54) is 4.90 Å². The van der Waals surface area contributed by atoms with Gasteiger partial charge in [-0.3, -0.25) is 14.9 Å². The van der Waals surface area contributed by atoms with Crippen LogP contribution in [-0.4, -0.2) is 44.9 Å². The van der Waals surface area contributed by atoms with Gasteiger partial charge in [0.05, 0.1) is 18.7 Å². The van der Waals surface area contributed by atoms with E-state index in [1.54, 1.807) is 49.9 Å². The minimum absolute atomic E-state index is 0.0541. The van der Waals surface area contributed by atoms with Gasteiger partial charge in [-0.1, -0.05) is 48.5 Å². The van der Waals surface area contributed by atoms with E-state index in [9.17, 15) is 20.0 Å². The van der Waals surface area contributed by atoms with Gasteiger partial charge in [0, 0.05) is 17.0 Å². The molecule has 2 amide bonds. The van der Waals surface area contributed by atoms with Crippen molar-refractivity contribution in [2.45, 2.75) is 44.9 Å². The van der Waals surface area contributed by atoms with Gasteiger partial charge in [-0.25, -0.2) is 4.79 Å². The first kappa shape index (κ1) is 20.7. The molecule has 1 saturated heterocycles. The van der Waals surface area contributed by atoms with Crippen LogP contribution in [0.25, 0.3) is 0 Å². The Morgan fingerprint density at radius 2 is 1.81 bits per heavy atom. The summed E-state index contributed by atoms with van der Waals surface area (Å²) < 4.78 is 5.55. The average molecular weight is 423 g/mol. The first-order valence-electron chi connectivity index (χ1n) is 10.1. The second kappa shape index (κ2) is 7.30. The van der Waals surface area contributed by atoms with E-state index < -0.39 is 23.1 Å². The van der Waals surface area contributed by atoms with E-state index >= 15 is 0 Å². The Labute approximate surface area is 180 Å². The number of amides is 2. The summed E-state index contributed by atoms with van der Waals surface area (Å²) in [5, 5.41) is 22.1. The van der Waals surface area contributed by atoms with Crippen molar-refractivity contribution in [3.05, 3.63) is 70.9 Å². The molecular weight excluding hydrogens is 398 g/mol. The standard InChI is InChI=1S/C23H25N3O5/c1-22(2,3)31-21(28)25-14-13-19(26(29)30)23(25)17-11-7-8-12-18(17)24(20(23)27)15-16-9-5-4-6-10-16/h4-12H,13-15H2,1-3H3,(H,29,30). The highest BCUT2D eigenvalue weighted by atomic mass is 16.8. The van der Waals surface area contributed by atoms with Crippen LogP contribution in [0.15, 0.2) is 54.6 Å². The predicted molar refractivity (Wildman–Crippen MR) is 114 cm³/mol. The molecule has 1 fully saturated rings. The number of para-hydroxylation sites is 1. The van der Waals surface area contributed by atoms with Crippen molar-refractivity contribution in [3.8, 4) is 0 Å². The number of anilines is 1. The summed E-state index contributed by atoms with van der Waals surface area (Å²) in [5.41, 5.74) is -0.664. The van der Waals surface area contributed by atoms with E-state index in [0.717, 1.165) is 5.56 Å². The lowest BCUT2D eigenvalue weighted by molar-refractivity contribution is -0.728. The van der Waals surface area contributed by atoms with E-state index in [-0.39, 0.29) is 30.1 Å². The minimum atomic E-state index is -1.75. The SMILES string of the molecule is CC(C)(C)OC(=O)N1CC/C(=[N+](\[O-])O)C12C(=O)N(Cc1ccccc1)c1ccccc12.